The quantitative estimate of drug-likeness (QED) is 0.765. The molecule has 1 unspecified atom stereocenters. The topological polar surface area (TPSA) is 56.2 Å². The minimum absolute atomic E-state index is 0.248. The Hall–Kier alpha value is -2.27. The third kappa shape index (κ3) is 1.98. The molecule has 0 aliphatic rings. The van der Waals surface area contributed by atoms with Crippen LogP contribution in [0.1, 0.15) is 22.7 Å². The van der Waals surface area contributed by atoms with E-state index < -0.39 is 6.04 Å². The number of aromatic nitrogens is 3. The lowest BCUT2D eigenvalue weighted by atomic mass is 10.00. The molecule has 3 rings (SSSR count). The van der Waals surface area contributed by atoms with Gasteiger partial charge in [0, 0.05) is 18.0 Å². The van der Waals surface area contributed by atoms with Gasteiger partial charge in [0.2, 0.25) is 0 Å². The second kappa shape index (κ2) is 4.44. The molecule has 0 spiro atoms. The molecule has 2 aromatic heterocycles. The second-order valence-electron chi connectivity index (χ2n) is 4.49. The van der Waals surface area contributed by atoms with Gasteiger partial charge < -0.3 is 5.73 Å². The highest BCUT2D eigenvalue weighted by Gasteiger charge is 2.15. The highest BCUT2D eigenvalue weighted by molar-refractivity contribution is 5.55. The molecule has 0 amide bonds. The summed E-state index contributed by atoms with van der Waals surface area (Å²) in [5.41, 5.74) is 9.19. The van der Waals surface area contributed by atoms with E-state index in [9.17, 15) is 4.39 Å². The predicted molar refractivity (Wildman–Crippen MR) is 70.2 cm³/mol. The van der Waals surface area contributed by atoms with Crippen LogP contribution in [-0.4, -0.2) is 14.6 Å². The number of nitrogens with two attached hydrogens (primary N) is 1. The minimum Gasteiger partial charge on any atom is -0.320 e. The van der Waals surface area contributed by atoms with Crippen molar-refractivity contribution in [2.75, 3.05) is 0 Å². The van der Waals surface area contributed by atoms with Crippen LogP contribution in [0.4, 0.5) is 4.39 Å². The number of hydrogen-bond donors (Lipinski definition) is 1. The summed E-state index contributed by atoms with van der Waals surface area (Å²) in [5, 5.41) is 4.21. The van der Waals surface area contributed by atoms with Crippen LogP contribution in [0.25, 0.3) is 5.52 Å². The number of hydrogen-bond acceptors (Lipinski definition) is 3. The lowest BCUT2D eigenvalue weighted by Crippen LogP contribution is -2.12. The smallest absolute Gasteiger partial charge is 0.126 e. The molecule has 0 saturated heterocycles. The van der Waals surface area contributed by atoms with Crippen LogP contribution in [0.5, 0.6) is 0 Å². The van der Waals surface area contributed by atoms with Crippen LogP contribution in [-0.2, 0) is 0 Å². The van der Waals surface area contributed by atoms with E-state index in [-0.39, 0.29) is 5.82 Å². The van der Waals surface area contributed by atoms with Crippen molar-refractivity contribution < 1.29 is 4.39 Å². The molecule has 4 nitrogen and oxygen atoms in total. The highest BCUT2D eigenvalue weighted by atomic mass is 19.1. The molecule has 0 bridgehead atoms. The van der Waals surface area contributed by atoms with Crippen molar-refractivity contribution in [1.82, 2.24) is 14.6 Å². The van der Waals surface area contributed by atoms with Crippen LogP contribution in [0.15, 0.2) is 43.0 Å². The van der Waals surface area contributed by atoms with Crippen LogP contribution in [0.2, 0.25) is 0 Å². The summed E-state index contributed by atoms with van der Waals surface area (Å²) >= 11 is 0. The number of benzene rings is 1. The van der Waals surface area contributed by atoms with E-state index in [0.717, 1.165) is 16.6 Å². The maximum atomic E-state index is 13.6. The molecule has 0 saturated carbocycles. The Morgan fingerprint density at radius 1 is 1.32 bits per heavy atom. The Morgan fingerprint density at radius 2 is 2.16 bits per heavy atom. The zero-order chi connectivity index (χ0) is 13.4. The fourth-order valence-corrected chi connectivity index (χ4v) is 2.07. The summed E-state index contributed by atoms with van der Waals surface area (Å²) in [6.45, 7) is 1.73. The lowest BCUT2D eigenvalue weighted by Gasteiger charge is -2.11. The standard InChI is InChI=1S/C14H13FN4/c1-9-2-3-10(6-12(9)15)14(16)11-7-18-19-5-4-17-8-13(11)19/h2-8,14H,16H2,1H3. The van der Waals surface area contributed by atoms with Crippen molar-refractivity contribution in [3.05, 3.63) is 65.5 Å². The maximum absolute atomic E-state index is 13.6. The van der Waals surface area contributed by atoms with Gasteiger partial charge in [-0.15, -0.1) is 0 Å². The first-order valence-corrected chi connectivity index (χ1v) is 5.95. The van der Waals surface area contributed by atoms with Gasteiger partial charge in [-0.2, -0.15) is 5.10 Å². The first kappa shape index (κ1) is 11.8. The molecule has 0 fully saturated rings. The van der Waals surface area contributed by atoms with E-state index in [1.165, 1.54) is 6.07 Å². The number of rotatable bonds is 2. The molecule has 0 aliphatic carbocycles. The first-order chi connectivity index (χ1) is 9.16. The Morgan fingerprint density at radius 3 is 2.95 bits per heavy atom. The summed E-state index contributed by atoms with van der Waals surface area (Å²) in [6.07, 6.45) is 6.80. The average Bonchev–Trinajstić information content (AvgIpc) is 2.85. The zero-order valence-corrected chi connectivity index (χ0v) is 10.4. The average molecular weight is 256 g/mol. The predicted octanol–water partition coefficient (Wildman–Crippen LogP) is 2.22. The molecule has 3 aromatic rings. The zero-order valence-electron chi connectivity index (χ0n) is 10.4. The van der Waals surface area contributed by atoms with Gasteiger partial charge in [-0.1, -0.05) is 12.1 Å². The molecule has 96 valence electrons. The van der Waals surface area contributed by atoms with Crippen LogP contribution in [0, 0.1) is 12.7 Å². The minimum atomic E-state index is -0.420. The van der Waals surface area contributed by atoms with Gasteiger partial charge in [0.1, 0.15) is 5.82 Å². The van der Waals surface area contributed by atoms with Gasteiger partial charge in [-0.05, 0) is 24.1 Å². The highest BCUT2D eigenvalue weighted by Crippen LogP contribution is 2.24. The molecule has 0 aliphatic heterocycles. The van der Waals surface area contributed by atoms with Crippen molar-refractivity contribution in [2.24, 2.45) is 5.73 Å². The van der Waals surface area contributed by atoms with Gasteiger partial charge in [-0.3, -0.25) is 4.98 Å². The Balaban J connectivity index is 2.08. The fraction of sp³-hybridized carbons (Fsp3) is 0.143. The normalized spacial score (nSPS) is 12.8. The Labute approximate surface area is 109 Å². The fourth-order valence-electron chi connectivity index (χ4n) is 2.07. The number of aryl methyl sites for hydroxylation is 1. The number of fused-ring (bicyclic) bond motifs is 1. The van der Waals surface area contributed by atoms with E-state index in [2.05, 4.69) is 10.1 Å². The molecule has 1 atom stereocenters. The molecular formula is C14H13FN4. The van der Waals surface area contributed by atoms with Gasteiger partial charge in [-0.25, -0.2) is 8.91 Å². The van der Waals surface area contributed by atoms with Gasteiger partial charge in [0.15, 0.2) is 0 Å². The molecule has 0 radical (unpaired) electrons. The van der Waals surface area contributed by atoms with E-state index in [1.54, 1.807) is 42.3 Å². The molecule has 19 heavy (non-hydrogen) atoms. The summed E-state index contributed by atoms with van der Waals surface area (Å²) in [7, 11) is 0. The second-order valence-corrected chi connectivity index (χ2v) is 4.49. The van der Waals surface area contributed by atoms with Crippen molar-refractivity contribution in [1.29, 1.82) is 0 Å². The third-order valence-corrected chi connectivity index (χ3v) is 3.24. The van der Waals surface area contributed by atoms with E-state index in [0.29, 0.717) is 5.56 Å². The summed E-state index contributed by atoms with van der Waals surface area (Å²) in [6, 6.07) is 4.62. The molecular weight excluding hydrogens is 243 g/mol. The van der Waals surface area contributed by atoms with Crippen molar-refractivity contribution in [3.8, 4) is 0 Å². The third-order valence-electron chi connectivity index (χ3n) is 3.24. The van der Waals surface area contributed by atoms with E-state index in [1.807, 2.05) is 6.07 Å². The molecule has 5 heteroatoms. The summed E-state index contributed by atoms with van der Waals surface area (Å²) < 4.78 is 15.3. The van der Waals surface area contributed by atoms with E-state index in [4.69, 9.17) is 5.73 Å². The lowest BCUT2D eigenvalue weighted by molar-refractivity contribution is 0.614. The Bertz CT molecular complexity index is 735. The molecule has 1 aromatic carbocycles. The molecule has 2 N–H and O–H groups in total. The SMILES string of the molecule is Cc1ccc(C(N)c2cnn3ccncc23)cc1F. The first-order valence-electron chi connectivity index (χ1n) is 5.95. The summed E-state index contributed by atoms with van der Waals surface area (Å²) in [5.74, 6) is -0.248. The number of nitrogens with zero attached hydrogens (tertiary/aromatic N) is 3. The maximum Gasteiger partial charge on any atom is 0.126 e. The monoisotopic (exact) mass is 256 g/mol. The summed E-state index contributed by atoms with van der Waals surface area (Å²) in [4.78, 5) is 4.06. The van der Waals surface area contributed by atoms with Gasteiger partial charge in [0.05, 0.1) is 24.0 Å². The Kier molecular flexibility index (Phi) is 2.76. The molecule has 2 heterocycles. The van der Waals surface area contributed by atoms with Crippen LogP contribution < -0.4 is 5.73 Å². The van der Waals surface area contributed by atoms with E-state index >= 15 is 0 Å². The number of halogens is 1. The van der Waals surface area contributed by atoms with Gasteiger partial charge in [0.25, 0.3) is 0 Å². The largest absolute Gasteiger partial charge is 0.320 e. The van der Waals surface area contributed by atoms with Crippen molar-refractivity contribution in [2.45, 2.75) is 13.0 Å². The van der Waals surface area contributed by atoms with Crippen LogP contribution >= 0.6 is 0 Å². The van der Waals surface area contributed by atoms with Crippen LogP contribution in [0.3, 0.4) is 0 Å². The van der Waals surface area contributed by atoms with Gasteiger partial charge >= 0.3 is 0 Å². The van der Waals surface area contributed by atoms with Crippen molar-refractivity contribution in [3.63, 3.8) is 0 Å². The van der Waals surface area contributed by atoms with Crippen molar-refractivity contribution >= 4 is 5.52 Å².